The molecule has 0 saturated heterocycles. The Hall–Kier alpha value is -2.01. The number of amides is 2. The number of hydrogen-bond donors (Lipinski definition) is 2. The van der Waals surface area contributed by atoms with Crippen LogP contribution in [0.3, 0.4) is 0 Å². The molecule has 100 valence electrons. The van der Waals surface area contributed by atoms with Crippen LogP contribution in [-0.2, 0) is 0 Å². The molecule has 0 fully saturated rings. The van der Waals surface area contributed by atoms with Crippen LogP contribution < -0.4 is 5.32 Å². The van der Waals surface area contributed by atoms with Crippen molar-refractivity contribution in [2.24, 2.45) is 0 Å². The Balaban J connectivity index is 2.16. The van der Waals surface area contributed by atoms with E-state index in [9.17, 15) is 9.59 Å². The van der Waals surface area contributed by atoms with Gasteiger partial charge in [0.15, 0.2) is 0 Å². The fourth-order valence-electron chi connectivity index (χ4n) is 1.82. The zero-order valence-electron chi connectivity index (χ0n) is 10.1. The van der Waals surface area contributed by atoms with Crippen LogP contribution in [0.5, 0.6) is 0 Å². The zero-order valence-corrected chi connectivity index (χ0v) is 10.9. The summed E-state index contributed by atoms with van der Waals surface area (Å²) in [6.07, 6.45) is 4.72. The smallest absolute Gasteiger partial charge is 0.337 e. The minimum Gasteiger partial charge on any atom is -0.478 e. The summed E-state index contributed by atoms with van der Waals surface area (Å²) in [6.45, 7) is 1.15. The van der Waals surface area contributed by atoms with Gasteiger partial charge in [0, 0.05) is 18.1 Å². The highest BCUT2D eigenvalue weighted by atomic mass is 35.5. The van der Waals surface area contributed by atoms with E-state index in [1.165, 1.54) is 12.1 Å². The normalized spacial score (nSPS) is 14.3. The molecule has 6 heteroatoms. The molecule has 1 aromatic rings. The summed E-state index contributed by atoms with van der Waals surface area (Å²) in [7, 11) is 0. The molecule has 2 rings (SSSR count). The van der Waals surface area contributed by atoms with E-state index < -0.39 is 5.97 Å². The van der Waals surface area contributed by atoms with Crippen LogP contribution in [-0.4, -0.2) is 35.1 Å². The van der Waals surface area contributed by atoms with E-state index in [0.29, 0.717) is 18.1 Å². The molecule has 0 radical (unpaired) electrons. The molecule has 19 heavy (non-hydrogen) atoms. The Morgan fingerprint density at radius 3 is 2.74 bits per heavy atom. The van der Waals surface area contributed by atoms with Gasteiger partial charge in [-0.15, -0.1) is 0 Å². The number of benzene rings is 1. The Kier molecular flexibility index (Phi) is 4.06. The van der Waals surface area contributed by atoms with Crippen molar-refractivity contribution in [1.82, 2.24) is 4.90 Å². The first-order valence-corrected chi connectivity index (χ1v) is 6.19. The Bertz CT molecular complexity index is 543. The standard InChI is InChI=1S/C13H13ClN2O3/c14-9-4-5-11(10(8-9)12(17)18)15-13(19)16-6-2-1-3-7-16/h1-2,4-5,8H,3,6-7H2,(H,15,19)(H,17,18). The van der Waals surface area contributed by atoms with E-state index >= 15 is 0 Å². The van der Waals surface area contributed by atoms with Gasteiger partial charge in [0.1, 0.15) is 0 Å². The highest BCUT2D eigenvalue weighted by molar-refractivity contribution is 6.31. The van der Waals surface area contributed by atoms with Crippen LogP contribution in [0.25, 0.3) is 0 Å². The van der Waals surface area contributed by atoms with Crippen molar-refractivity contribution in [1.29, 1.82) is 0 Å². The third kappa shape index (κ3) is 3.26. The molecule has 2 N–H and O–H groups in total. The third-order valence-electron chi connectivity index (χ3n) is 2.80. The van der Waals surface area contributed by atoms with Gasteiger partial charge in [-0.1, -0.05) is 23.8 Å². The minimum absolute atomic E-state index is 0.0200. The number of anilines is 1. The van der Waals surface area contributed by atoms with Gasteiger partial charge in [-0.3, -0.25) is 0 Å². The maximum Gasteiger partial charge on any atom is 0.337 e. The maximum absolute atomic E-state index is 12.0. The van der Waals surface area contributed by atoms with Crippen molar-refractivity contribution in [3.8, 4) is 0 Å². The number of urea groups is 1. The van der Waals surface area contributed by atoms with E-state index in [-0.39, 0.29) is 17.3 Å². The lowest BCUT2D eigenvalue weighted by Gasteiger charge is -2.24. The maximum atomic E-state index is 12.0. The number of hydrogen-bond acceptors (Lipinski definition) is 2. The van der Waals surface area contributed by atoms with Crippen LogP contribution in [0.1, 0.15) is 16.8 Å². The Labute approximate surface area is 115 Å². The van der Waals surface area contributed by atoms with Gasteiger partial charge in [0.05, 0.1) is 11.3 Å². The van der Waals surface area contributed by atoms with Gasteiger partial charge in [0.2, 0.25) is 0 Å². The van der Waals surface area contributed by atoms with Crippen molar-refractivity contribution in [2.75, 3.05) is 18.4 Å². The molecule has 0 aromatic heterocycles. The van der Waals surface area contributed by atoms with Crippen molar-refractivity contribution in [3.63, 3.8) is 0 Å². The predicted octanol–water partition coefficient (Wildman–Crippen LogP) is 2.83. The molecule has 0 atom stereocenters. The molecule has 5 nitrogen and oxygen atoms in total. The summed E-state index contributed by atoms with van der Waals surface area (Å²) in [4.78, 5) is 24.7. The number of nitrogens with zero attached hydrogens (tertiary/aromatic N) is 1. The summed E-state index contributed by atoms with van der Waals surface area (Å²) >= 11 is 5.75. The molecule has 0 spiro atoms. The van der Waals surface area contributed by atoms with E-state index in [1.807, 2.05) is 12.2 Å². The molecule has 1 aromatic carbocycles. The summed E-state index contributed by atoms with van der Waals surface area (Å²) in [5, 5.41) is 12.0. The van der Waals surface area contributed by atoms with E-state index in [0.717, 1.165) is 6.42 Å². The predicted molar refractivity (Wildman–Crippen MR) is 72.8 cm³/mol. The molecule has 0 unspecified atom stereocenters. The molecule has 0 saturated carbocycles. The summed E-state index contributed by atoms with van der Waals surface area (Å²) in [5.41, 5.74) is 0.227. The van der Waals surface area contributed by atoms with Gasteiger partial charge in [-0.05, 0) is 24.6 Å². The van der Waals surface area contributed by atoms with Crippen LogP contribution in [0.2, 0.25) is 5.02 Å². The third-order valence-corrected chi connectivity index (χ3v) is 3.03. The van der Waals surface area contributed by atoms with E-state index in [2.05, 4.69) is 5.32 Å². The SMILES string of the molecule is O=C(O)c1cc(Cl)ccc1NC(=O)N1CC=CCC1. The van der Waals surface area contributed by atoms with Crippen molar-refractivity contribution >= 4 is 29.3 Å². The highest BCUT2D eigenvalue weighted by Gasteiger charge is 2.17. The molecule has 2 amide bonds. The summed E-state index contributed by atoms with van der Waals surface area (Å²) < 4.78 is 0. The van der Waals surface area contributed by atoms with Gasteiger partial charge in [-0.25, -0.2) is 9.59 Å². The molecule has 1 heterocycles. The molecule has 1 aliphatic rings. The monoisotopic (exact) mass is 280 g/mol. The molecule has 0 bridgehead atoms. The van der Waals surface area contributed by atoms with Crippen molar-refractivity contribution in [3.05, 3.63) is 40.9 Å². The zero-order chi connectivity index (χ0) is 13.8. The van der Waals surface area contributed by atoms with Crippen LogP contribution in [0.15, 0.2) is 30.4 Å². The second-order valence-corrected chi connectivity index (χ2v) is 4.57. The molecular weight excluding hydrogens is 268 g/mol. The Morgan fingerprint density at radius 1 is 1.32 bits per heavy atom. The lowest BCUT2D eigenvalue weighted by Crippen LogP contribution is -2.37. The number of nitrogens with one attached hydrogen (secondary N) is 1. The average Bonchev–Trinajstić information content (AvgIpc) is 2.41. The van der Waals surface area contributed by atoms with Gasteiger partial charge in [0.25, 0.3) is 0 Å². The van der Waals surface area contributed by atoms with Crippen LogP contribution >= 0.6 is 11.6 Å². The number of aromatic carboxylic acids is 1. The van der Waals surface area contributed by atoms with E-state index in [4.69, 9.17) is 16.7 Å². The van der Waals surface area contributed by atoms with Crippen LogP contribution in [0.4, 0.5) is 10.5 Å². The minimum atomic E-state index is -1.13. The number of rotatable bonds is 2. The topological polar surface area (TPSA) is 69.6 Å². The van der Waals surface area contributed by atoms with E-state index in [1.54, 1.807) is 11.0 Å². The van der Waals surface area contributed by atoms with Gasteiger partial charge < -0.3 is 15.3 Å². The number of carbonyl (C=O) groups excluding carboxylic acids is 1. The lowest BCUT2D eigenvalue weighted by molar-refractivity contribution is 0.0698. The first-order chi connectivity index (χ1) is 9.08. The summed E-state index contributed by atoms with van der Waals surface area (Å²) in [6, 6.07) is 4.04. The fraction of sp³-hybridized carbons (Fsp3) is 0.231. The van der Waals surface area contributed by atoms with Crippen LogP contribution in [0, 0.1) is 0 Å². The Morgan fingerprint density at radius 2 is 2.11 bits per heavy atom. The average molecular weight is 281 g/mol. The van der Waals surface area contributed by atoms with Gasteiger partial charge >= 0.3 is 12.0 Å². The van der Waals surface area contributed by atoms with Crippen molar-refractivity contribution < 1.29 is 14.7 Å². The number of carboxylic acids is 1. The quantitative estimate of drug-likeness (QED) is 0.819. The summed E-state index contributed by atoms with van der Waals surface area (Å²) in [5.74, 6) is -1.13. The highest BCUT2D eigenvalue weighted by Crippen LogP contribution is 2.21. The molecular formula is C13H13ClN2O3. The number of carboxylic acid groups (broad SMARTS) is 1. The number of carbonyl (C=O) groups is 2. The largest absolute Gasteiger partial charge is 0.478 e. The first kappa shape index (κ1) is 13.4. The fourth-order valence-corrected chi connectivity index (χ4v) is 1.99. The second kappa shape index (κ2) is 5.75. The van der Waals surface area contributed by atoms with Gasteiger partial charge in [-0.2, -0.15) is 0 Å². The number of halogens is 1. The molecule has 1 aliphatic heterocycles. The lowest BCUT2D eigenvalue weighted by atomic mass is 10.2. The van der Waals surface area contributed by atoms with Crippen molar-refractivity contribution in [2.45, 2.75) is 6.42 Å². The second-order valence-electron chi connectivity index (χ2n) is 4.13. The first-order valence-electron chi connectivity index (χ1n) is 5.81. The molecule has 0 aliphatic carbocycles.